The van der Waals surface area contributed by atoms with Gasteiger partial charge in [-0.25, -0.2) is 0 Å². The third kappa shape index (κ3) is 1.50. The Bertz CT molecular complexity index is 383. The van der Waals surface area contributed by atoms with Gasteiger partial charge in [0.25, 0.3) is 0 Å². The van der Waals surface area contributed by atoms with E-state index in [1.165, 1.54) is 19.3 Å². The Kier molecular flexibility index (Phi) is 2.18. The summed E-state index contributed by atoms with van der Waals surface area (Å²) in [7, 11) is 0. The van der Waals surface area contributed by atoms with Crippen LogP contribution in [0, 0.1) is 35.5 Å². The van der Waals surface area contributed by atoms with Crippen LogP contribution in [0.15, 0.2) is 48.6 Å². The molecule has 17 heavy (non-hydrogen) atoms. The molecule has 0 radical (unpaired) electrons. The SMILES string of the molecule is C1=CC2CC3CC(CC4C=CC=CC43)C2C=C1. The zero-order chi connectivity index (χ0) is 11.2. The van der Waals surface area contributed by atoms with Crippen LogP contribution in [0.3, 0.4) is 0 Å². The fraction of sp³-hybridized carbons (Fsp3) is 0.529. The van der Waals surface area contributed by atoms with Gasteiger partial charge in [0.15, 0.2) is 0 Å². The van der Waals surface area contributed by atoms with Gasteiger partial charge in [0.2, 0.25) is 0 Å². The summed E-state index contributed by atoms with van der Waals surface area (Å²) in [6.07, 6.45) is 23.3. The molecule has 0 saturated heterocycles. The maximum Gasteiger partial charge on any atom is -0.0139 e. The first-order valence-electron chi connectivity index (χ1n) is 7.12. The minimum atomic E-state index is 0.837. The quantitative estimate of drug-likeness (QED) is 0.580. The Labute approximate surface area is 104 Å². The van der Waals surface area contributed by atoms with Crippen molar-refractivity contribution in [3.05, 3.63) is 48.6 Å². The van der Waals surface area contributed by atoms with Crippen LogP contribution < -0.4 is 0 Å². The molecular weight excluding hydrogens is 204 g/mol. The van der Waals surface area contributed by atoms with Crippen molar-refractivity contribution in [1.82, 2.24) is 0 Å². The van der Waals surface area contributed by atoms with Gasteiger partial charge in [-0.05, 0) is 54.8 Å². The third-order valence-electron chi connectivity index (χ3n) is 5.44. The summed E-state index contributed by atoms with van der Waals surface area (Å²) in [5.41, 5.74) is 0. The average Bonchev–Trinajstić information content (AvgIpc) is 2.39. The van der Waals surface area contributed by atoms with Crippen LogP contribution in [0.4, 0.5) is 0 Å². The molecule has 0 aliphatic heterocycles. The summed E-state index contributed by atoms with van der Waals surface area (Å²) in [4.78, 5) is 0. The summed E-state index contributed by atoms with van der Waals surface area (Å²) >= 11 is 0. The standard InChI is InChI=1S/C17H20/c1-3-7-16-12(5-1)9-14-11-15(16)10-13-6-2-4-8-17(13)14/h1-8,12-17H,9-11H2. The normalized spacial score (nSPS) is 49.9. The van der Waals surface area contributed by atoms with E-state index in [9.17, 15) is 0 Å². The van der Waals surface area contributed by atoms with Crippen molar-refractivity contribution in [2.24, 2.45) is 35.5 Å². The molecule has 6 atom stereocenters. The molecule has 0 N–H and O–H groups in total. The molecule has 88 valence electrons. The lowest BCUT2D eigenvalue weighted by molar-refractivity contribution is 0.0552. The molecule has 4 aliphatic carbocycles. The van der Waals surface area contributed by atoms with Crippen LogP contribution >= 0.6 is 0 Å². The maximum absolute atomic E-state index is 2.48. The first-order valence-corrected chi connectivity index (χ1v) is 7.12. The van der Waals surface area contributed by atoms with E-state index >= 15 is 0 Å². The fourth-order valence-electron chi connectivity index (χ4n) is 4.73. The van der Waals surface area contributed by atoms with E-state index in [1.54, 1.807) is 0 Å². The molecule has 6 unspecified atom stereocenters. The Morgan fingerprint density at radius 1 is 0.529 bits per heavy atom. The van der Waals surface area contributed by atoms with Crippen LogP contribution in [-0.4, -0.2) is 0 Å². The molecule has 0 aromatic rings. The minimum Gasteiger partial charge on any atom is -0.0808 e. The molecule has 2 bridgehead atoms. The molecule has 2 saturated carbocycles. The van der Waals surface area contributed by atoms with E-state index in [2.05, 4.69) is 48.6 Å². The monoisotopic (exact) mass is 224 g/mol. The van der Waals surface area contributed by atoms with Crippen LogP contribution in [0.2, 0.25) is 0 Å². The van der Waals surface area contributed by atoms with E-state index in [4.69, 9.17) is 0 Å². The van der Waals surface area contributed by atoms with Crippen LogP contribution in [0.1, 0.15) is 19.3 Å². The van der Waals surface area contributed by atoms with Gasteiger partial charge in [-0.2, -0.15) is 0 Å². The van der Waals surface area contributed by atoms with Crippen molar-refractivity contribution in [3.63, 3.8) is 0 Å². The zero-order valence-electron chi connectivity index (χ0n) is 10.2. The topological polar surface area (TPSA) is 0 Å². The van der Waals surface area contributed by atoms with Crippen molar-refractivity contribution >= 4 is 0 Å². The van der Waals surface area contributed by atoms with Crippen molar-refractivity contribution in [2.45, 2.75) is 19.3 Å². The molecule has 0 amide bonds. The predicted octanol–water partition coefficient (Wildman–Crippen LogP) is 4.13. The fourth-order valence-corrected chi connectivity index (χ4v) is 4.73. The highest BCUT2D eigenvalue weighted by molar-refractivity contribution is 5.22. The third-order valence-corrected chi connectivity index (χ3v) is 5.44. The number of hydrogen-bond acceptors (Lipinski definition) is 0. The van der Waals surface area contributed by atoms with Crippen LogP contribution in [-0.2, 0) is 0 Å². The van der Waals surface area contributed by atoms with E-state index in [1.807, 2.05) is 0 Å². The predicted molar refractivity (Wildman–Crippen MR) is 71.4 cm³/mol. The second-order valence-electron chi connectivity index (χ2n) is 6.25. The minimum absolute atomic E-state index is 0.837. The highest BCUT2D eigenvalue weighted by atomic mass is 14.5. The van der Waals surface area contributed by atoms with E-state index in [0.717, 1.165) is 35.5 Å². The van der Waals surface area contributed by atoms with Crippen LogP contribution in [0.25, 0.3) is 0 Å². The summed E-state index contributed by atoms with van der Waals surface area (Å²) in [6, 6.07) is 0. The Hall–Kier alpha value is -1.04. The van der Waals surface area contributed by atoms with Crippen molar-refractivity contribution in [2.75, 3.05) is 0 Å². The van der Waals surface area contributed by atoms with Gasteiger partial charge in [-0.1, -0.05) is 48.6 Å². The highest BCUT2D eigenvalue weighted by Crippen LogP contribution is 2.53. The second kappa shape index (κ2) is 3.73. The lowest BCUT2D eigenvalue weighted by atomic mass is 9.54. The average molecular weight is 224 g/mol. The highest BCUT2D eigenvalue weighted by Gasteiger charge is 2.44. The molecular formula is C17H20. The van der Waals surface area contributed by atoms with Crippen molar-refractivity contribution in [3.8, 4) is 0 Å². The van der Waals surface area contributed by atoms with Gasteiger partial charge in [0.1, 0.15) is 0 Å². The van der Waals surface area contributed by atoms with Gasteiger partial charge >= 0.3 is 0 Å². The smallest absolute Gasteiger partial charge is 0.0139 e. The summed E-state index contributed by atoms with van der Waals surface area (Å²) in [6.45, 7) is 0. The Morgan fingerprint density at radius 2 is 1.00 bits per heavy atom. The van der Waals surface area contributed by atoms with Crippen molar-refractivity contribution in [1.29, 1.82) is 0 Å². The molecule has 2 fully saturated rings. The number of allylic oxidation sites excluding steroid dienone is 8. The van der Waals surface area contributed by atoms with Gasteiger partial charge in [0, 0.05) is 0 Å². The molecule has 0 heterocycles. The Balaban J connectivity index is 1.66. The molecule has 0 spiro atoms. The molecule has 0 nitrogen and oxygen atoms in total. The van der Waals surface area contributed by atoms with Crippen molar-refractivity contribution < 1.29 is 0 Å². The first-order chi connectivity index (χ1) is 8.42. The zero-order valence-corrected chi connectivity index (χ0v) is 10.2. The second-order valence-corrected chi connectivity index (χ2v) is 6.25. The largest absolute Gasteiger partial charge is 0.0808 e. The molecule has 4 rings (SSSR count). The van der Waals surface area contributed by atoms with Gasteiger partial charge in [-0.15, -0.1) is 0 Å². The lowest BCUT2D eigenvalue weighted by Crippen LogP contribution is -2.42. The van der Waals surface area contributed by atoms with Crippen LogP contribution in [0.5, 0.6) is 0 Å². The lowest BCUT2D eigenvalue weighted by Gasteiger charge is -2.50. The Morgan fingerprint density at radius 3 is 1.53 bits per heavy atom. The molecule has 0 aromatic heterocycles. The maximum atomic E-state index is 2.48. The summed E-state index contributed by atoms with van der Waals surface area (Å²) < 4.78 is 0. The van der Waals surface area contributed by atoms with Gasteiger partial charge in [-0.3, -0.25) is 0 Å². The summed E-state index contributed by atoms with van der Waals surface area (Å²) in [5.74, 6) is 5.25. The summed E-state index contributed by atoms with van der Waals surface area (Å²) in [5, 5.41) is 0. The molecule has 4 aliphatic rings. The number of rotatable bonds is 0. The number of fused-ring (bicyclic) bond motifs is 6. The number of hydrogen-bond donors (Lipinski definition) is 0. The van der Waals surface area contributed by atoms with E-state index < -0.39 is 0 Å². The van der Waals surface area contributed by atoms with E-state index in [-0.39, 0.29) is 0 Å². The first kappa shape index (κ1) is 9.94. The van der Waals surface area contributed by atoms with E-state index in [0.29, 0.717) is 0 Å². The van der Waals surface area contributed by atoms with Gasteiger partial charge in [0.05, 0.1) is 0 Å². The molecule has 0 aromatic carbocycles. The molecule has 0 heteroatoms. The van der Waals surface area contributed by atoms with Gasteiger partial charge < -0.3 is 0 Å².